The van der Waals surface area contributed by atoms with Gasteiger partial charge in [0.05, 0.1) is 5.75 Å². The molecule has 0 aliphatic heterocycles. The first-order valence-electron chi connectivity index (χ1n) is 8.42. The summed E-state index contributed by atoms with van der Waals surface area (Å²) < 4.78 is 31.8. The molecule has 0 aliphatic carbocycles. The third-order valence-electron chi connectivity index (χ3n) is 3.97. The van der Waals surface area contributed by atoms with Crippen LogP contribution in [0.5, 0.6) is 0 Å². The van der Waals surface area contributed by atoms with Gasteiger partial charge in [0.1, 0.15) is 5.52 Å². The Kier molecular flexibility index (Phi) is 5.08. The predicted molar refractivity (Wildman–Crippen MR) is 105 cm³/mol. The van der Waals surface area contributed by atoms with Gasteiger partial charge in [0.25, 0.3) is 0 Å². The standard InChI is InChI=1S/C21H14F2N2O2S/c22-16-10-9-15(11-17(16)23)28-12-20(26)24-14-7-5-13(6-8-14)21-25-18-3-1-2-4-19(18)27-21/h1-11H,12H2,(H,24,26). The molecule has 140 valence electrons. The molecule has 0 saturated heterocycles. The number of para-hydroxylation sites is 2. The van der Waals surface area contributed by atoms with E-state index in [0.717, 1.165) is 35.0 Å². The second kappa shape index (κ2) is 7.82. The van der Waals surface area contributed by atoms with E-state index < -0.39 is 11.6 Å². The highest BCUT2D eigenvalue weighted by molar-refractivity contribution is 8.00. The summed E-state index contributed by atoms with van der Waals surface area (Å²) in [5.74, 6) is -1.50. The fourth-order valence-corrected chi connectivity index (χ4v) is 3.33. The van der Waals surface area contributed by atoms with Crippen LogP contribution in [0.25, 0.3) is 22.6 Å². The number of benzene rings is 3. The monoisotopic (exact) mass is 396 g/mol. The SMILES string of the molecule is O=C(CSc1ccc(F)c(F)c1)Nc1ccc(-c2nc3ccccc3o2)cc1. The average molecular weight is 396 g/mol. The number of amides is 1. The Morgan fingerprint density at radius 1 is 1.00 bits per heavy atom. The molecule has 0 spiro atoms. The highest BCUT2D eigenvalue weighted by atomic mass is 32.2. The maximum absolute atomic E-state index is 13.2. The van der Waals surface area contributed by atoms with E-state index in [4.69, 9.17) is 4.42 Å². The van der Waals surface area contributed by atoms with Crippen LogP contribution in [0.1, 0.15) is 0 Å². The minimum Gasteiger partial charge on any atom is -0.436 e. The Bertz CT molecular complexity index is 1110. The van der Waals surface area contributed by atoms with E-state index in [2.05, 4.69) is 10.3 Å². The molecule has 0 atom stereocenters. The van der Waals surface area contributed by atoms with Crippen molar-refractivity contribution in [1.29, 1.82) is 0 Å². The van der Waals surface area contributed by atoms with Crippen LogP contribution in [0.2, 0.25) is 0 Å². The number of rotatable bonds is 5. The molecule has 28 heavy (non-hydrogen) atoms. The first-order chi connectivity index (χ1) is 13.6. The zero-order chi connectivity index (χ0) is 19.5. The average Bonchev–Trinajstić information content (AvgIpc) is 3.14. The lowest BCUT2D eigenvalue weighted by atomic mass is 10.2. The van der Waals surface area contributed by atoms with E-state index in [1.165, 1.54) is 6.07 Å². The highest BCUT2D eigenvalue weighted by Crippen LogP contribution is 2.25. The van der Waals surface area contributed by atoms with Crippen LogP contribution in [0.3, 0.4) is 0 Å². The number of nitrogens with one attached hydrogen (secondary N) is 1. The Morgan fingerprint density at radius 2 is 1.79 bits per heavy atom. The van der Waals surface area contributed by atoms with Crippen molar-refractivity contribution in [2.24, 2.45) is 0 Å². The third-order valence-corrected chi connectivity index (χ3v) is 4.96. The first kappa shape index (κ1) is 18.2. The number of halogens is 2. The number of hydrogen-bond acceptors (Lipinski definition) is 4. The van der Waals surface area contributed by atoms with Crippen LogP contribution in [-0.4, -0.2) is 16.6 Å². The Hall–Kier alpha value is -3.19. The summed E-state index contributed by atoms with van der Waals surface area (Å²) in [6.45, 7) is 0. The second-order valence-electron chi connectivity index (χ2n) is 5.98. The molecule has 4 rings (SSSR count). The van der Waals surface area contributed by atoms with Crippen molar-refractivity contribution in [1.82, 2.24) is 4.98 Å². The van der Waals surface area contributed by atoms with Gasteiger partial charge in [-0.25, -0.2) is 13.8 Å². The van der Waals surface area contributed by atoms with Gasteiger partial charge in [0, 0.05) is 16.1 Å². The Balaban J connectivity index is 1.38. The quantitative estimate of drug-likeness (QED) is 0.452. The van der Waals surface area contributed by atoms with Gasteiger partial charge in [0.15, 0.2) is 17.2 Å². The van der Waals surface area contributed by atoms with Crippen LogP contribution < -0.4 is 5.32 Å². The largest absolute Gasteiger partial charge is 0.436 e. The van der Waals surface area contributed by atoms with E-state index >= 15 is 0 Å². The van der Waals surface area contributed by atoms with Crippen molar-refractivity contribution in [3.8, 4) is 11.5 Å². The summed E-state index contributed by atoms with van der Waals surface area (Å²) in [4.78, 5) is 17.0. The lowest BCUT2D eigenvalue weighted by Gasteiger charge is -2.06. The molecule has 4 aromatic rings. The maximum Gasteiger partial charge on any atom is 0.234 e. The second-order valence-corrected chi connectivity index (χ2v) is 7.03. The highest BCUT2D eigenvalue weighted by Gasteiger charge is 2.09. The number of anilines is 1. The summed E-state index contributed by atoms with van der Waals surface area (Å²) in [6.07, 6.45) is 0. The molecule has 7 heteroatoms. The molecule has 0 aliphatic rings. The fourth-order valence-electron chi connectivity index (χ4n) is 2.60. The van der Waals surface area contributed by atoms with Crippen molar-refractivity contribution in [2.45, 2.75) is 4.90 Å². The molecule has 1 N–H and O–H groups in total. The van der Waals surface area contributed by atoms with Crippen molar-refractivity contribution in [2.75, 3.05) is 11.1 Å². The zero-order valence-corrected chi connectivity index (χ0v) is 15.3. The summed E-state index contributed by atoms with van der Waals surface area (Å²) >= 11 is 1.13. The summed E-state index contributed by atoms with van der Waals surface area (Å²) in [6, 6.07) is 18.2. The van der Waals surface area contributed by atoms with Crippen molar-refractivity contribution < 1.29 is 18.0 Å². The topological polar surface area (TPSA) is 55.1 Å². The van der Waals surface area contributed by atoms with Gasteiger partial charge < -0.3 is 9.73 Å². The van der Waals surface area contributed by atoms with Gasteiger partial charge in [-0.3, -0.25) is 4.79 Å². The molecular weight excluding hydrogens is 382 g/mol. The minimum absolute atomic E-state index is 0.0813. The normalized spacial score (nSPS) is 10.9. The zero-order valence-electron chi connectivity index (χ0n) is 14.5. The van der Waals surface area contributed by atoms with Crippen LogP contribution in [0, 0.1) is 11.6 Å². The van der Waals surface area contributed by atoms with Gasteiger partial charge in [-0.2, -0.15) is 0 Å². The maximum atomic E-state index is 13.2. The van der Waals surface area contributed by atoms with Gasteiger partial charge in [-0.1, -0.05) is 12.1 Å². The molecule has 3 aromatic carbocycles. The molecule has 1 aromatic heterocycles. The lowest BCUT2D eigenvalue weighted by molar-refractivity contribution is -0.113. The number of thioether (sulfide) groups is 1. The van der Waals surface area contributed by atoms with Crippen LogP contribution in [0.15, 0.2) is 76.0 Å². The van der Waals surface area contributed by atoms with Gasteiger partial charge in [0.2, 0.25) is 11.8 Å². The molecular formula is C21H14F2N2O2S. The number of nitrogens with zero attached hydrogens (tertiary/aromatic N) is 1. The van der Waals surface area contributed by atoms with Gasteiger partial charge in [-0.15, -0.1) is 11.8 Å². The number of aromatic nitrogens is 1. The van der Waals surface area contributed by atoms with Crippen LogP contribution >= 0.6 is 11.8 Å². The van der Waals surface area contributed by atoms with E-state index in [0.29, 0.717) is 22.1 Å². The van der Waals surface area contributed by atoms with Crippen molar-refractivity contribution >= 4 is 34.5 Å². The molecule has 0 radical (unpaired) electrons. The lowest BCUT2D eigenvalue weighted by Crippen LogP contribution is -2.13. The predicted octanol–water partition coefficient (Wildman–Crippen LogP) is 5.50. The van der Waals surface area contributed by atoms with Gasteiger partial charge in [-0.05, 0) is 54.6 Å². The third kappa shape index (κ3) is 4.04. The molecule has 1 heterocycles. The van der Waals surface area contributed by atoms with E-state index in [1.807, 2.05) is 36.4 Å². The number of oxazole rings is 1. The van der Waals surface area contributed by atoms with Crippen LogP contribution in [-0.2, 0) is 4.79 Å². The summed E-state index contributed by atoms with van der Waals surface area (Å²) in [5, 5.41) is 2.76. The molecule has 0 bridgehead atoms. The van der Waals surface area contributed by atoms with Crippen molar-refractivity contribution in [3.63, 3.8) is 0 Å². The van der Waals surface area contributed by atoms with E-state index in [1.54, 1.807) is 12.1 Å². The van der Waals surface area contributed by atoms with Crippen molar-refractivity contribution in [3.05, 3.63) is 78.4 Å². The molecule has 0 saturated carbocycles. The number of carbonyl (C=O) groups excluding carboxylic acids is 1. The number of hydrogen-bond donors (Lipinski definition) is 1. The number of fused-ring (bicyclic) bond motifs is 1. The Morgan fingerprint density at radius 3 is 2.54 bits per heavy atom. The smallest absolute Gasteiger partial charge is 0.234 e. The molecule has 0 fully saturated rings. The fraction of sp³-hybridized carbons (Fsp3) is 0.0476. The van der Waals surface area contributed by atoms with Crippen LogP contribution in [0.4, 0.5) is 14.5 Å². The first-order valence-corrected chi connectivity index (χ1v) is 9.41. The summed E-state index contributed by atoms with van der Waals surface area (Å²) in [7, 11) is 0. The molecule has 4 nitrogen and oxygen atoms in total. The minimum atomic E-state index is -0.930. The van der Waals surface area contributed by atoms with E-state index in [-0.39, 0.29) is 11.7 Å². The molecule has 1 amide bonds. The van der Waals surface area contributed by atoms with Gasteiger partial charge >= 0.3 is 0 Å². The van der Waals surface area contributed by atoms with E-state index in [9.17, 15) is 13.6 Å². The Labute approximate surface area is 163 Å². The number of carbonyl (C=O) groups is 1. The summed E-state index contributed by atoms with van der Waals surface area (Å²) in [5.41, 5.74) is 2.91. The molecule has 0 unspecified atom stereocenters.